The molecule has 0 aromatic rings. The molecular weight excluding hydrogens is 216 g/mol. The van der Waals surface area contributed by atoms with Crippen molar-refractivity contribution < 1.29 is 9.53 Å². The standard InChI is InChI=1S/C13H28N2O2/c1-10(17-8-7-12(2,3)4)9-13(5,15-6)11(14)16/h10,15H,7-9H2,1-6H3,(H2,14,16). The van der Waals surface area contributed by atoms with Crippen molar-refractivity contribution in [3.63, 3.8) is 0 Å². The molecule has 0 aliphatic rings. The Hall–Kier alpha value is -0.610. The zero-order valence-corrected chi connectivity index (χ0v) is 12.1. The van der Waals surface area contributed by atoms with Gasteiger partial charge in [-0.15, -0.1) is 0 Å². The molecule has 0 saturated heterocycles. The monoisotopic (exact) mass is 244 g/mol. The molecule has 0 aromatic carbocycles. The summed E-state index contributed by atoms with van der Waals surface area (Å²) in [6.45, 7) is 11.0. The molecule has 0 spiro atoms. The third kappa shape index (κ3) is 6.64. The van der Waals surface area contributed by atoms with E-state index in [0.717, 1.165) is 6.42 Å². The number of ether oxygens (including phenoxy) is 1. The fraction of sp³-hybridized carbons (Fsp3) is 0.923. The molecule has 0 aliphatic carbocycles. The van der Waals surface area contributed by atoms with E-state index in [1.54, 1.807) is 14.0 Å². The SMILES string of the molecule is CNC(C)(CC(C)OCCC(C)(C)C)C(N)=O. The van der Waals surface area contributed by atoms with Gasteiger partial charge in [-0.1, -0.05) is 20.8 Å². The summed E-state index contributed by atoms with van der Waals surface area (Å²) in [5, 5.41) is 2.96. The van der Waals surface area contributed by atoms with Crippen molar-refractivity contribution in [2.75, 3.05) is 13.7 Å². The number of carbonyl (C=O) groups is 1. The van der Waals surface area contributed by atoms with Gasteiger partial charge >= 0.3 is 0 Å². The van der Waals surface area contributed by atoms with Crippen molar-refractivity contribution in [1.82, 2.24) is 5.32 Å². The van der Waals surface area contributed by atoms with E-state index in [-0.39, 0.29) is 17.4 Å². The second-order valence-corrected chi connectivity index (χ2v) is 6.14. The van der Waals surface area contributed by atoms with Crippen LogP contribution in [0.15, 0.2) is 0 Å². The summed E-state index contributed by atoms with van der Waals surface area (Å²) in [6, 6.07) is 0. The number of rotatable bonds is 7. The van der Waals surface area contributed by atoms with E-state index in [1.165, 1.54) is 0 Å². The first-order chi connectivity index (χ1) is 7.60. The Bertz CT molecular complexity index is 248. The fourth-order valence-corrected chi connectivity index (χ4v) is 1.53. The Balaban J connectivity index is 4.09. The highest BCUT2D eigenvalue weighted by atomic mass is 16.5. The van der Waals surface area contributed by atoms with Crippen molar-refractivity contribution >= 4 is 5.91 Å². The third-order valence-electron chi connectivity index (χ3n) is 3.05. The Kier molecular flexibility index (Phi) is 6.13. The molecule has 0 aromatic heterocycles. The minimum absolute atomic E-state index is 0.0160. The highest BCUT2D eigenvalue weighted by Gasteiger charge is 2.31. The van der Waals surface area contributed by atoms with Gasteiger partial charge in [0.1, 0.15) is 0 Å². The summed E-state index contributed by atoms with van der Waals surface area (Å²) in [4.78, 5) is 11.3. The van der Waals surface area contributed by atoms with E-state index in [0.29, 0.717) is 13.0 Å². The van der Waals surface area contributed by atoms with Crippen molar-refractivity contribution in [3.8, 4) is 0 Å². The summed E-state index contributed by atoms with van der Waals surface area (Å²) in [7, 11) is 1.74. The smallest absolute Gasteiger partial charge is 0.237 e. The lowest BCUT2D eigenvalue weighted by Crippen LogP contribution is -2.53. The number of hydrogen-bond donors (Lipinski definition) is 2. The Morgan fingerprint density at radius 1 is 1.35 bits per heavy atom. The highest BCUT2D eigenvalue weighted by Crippen LogP contribution is 2.20. The molecule has 0 fully saturated rings. The summed E-state index contributed by atoms with van der Waals surface area (Å²) < 4.78 is 5.72. The lowest BCUT2D eigenvalue weighted by Gasteiger charge is -2.29. The number of amides is 1. The first-order valence-electron chi connectivity index (χ1n) is 6.21. The van der Waals surface area contributed by atoms with Gasteiger partial charge in [0.15, 0.2) is 0 Å². The van der Waals surface area contributed by atoms with Gasteiger partial charge in [0.25, 0.3) is 0 Å². The van der Waals surface area contributed by atoms with E-state index in [4.69, 9.17) is 10.5 Å². The number of likely N-dealkylation sites (N-methyl/N-ethyl adjacent to an activating group) is 1. The zero-order chi connectivity index (χ0) is 13.7. The quantitative estimate of drug-likeness (QED) is 0.716. The van der Waals surface area contributed by atoms with Crippen molar-refractivity contribution in [2.45, 2.75) is 59.1 Å². The first-order valence-corrected chi connectivity index (χ1v) is 6.21. The lowest BCUT2D eigenvalue weighted by molar-refractivity contribution is -0.125. The van der Waals surface area contributed by atoms with E-state index >= 15 is 0 Å². The van der Waals surface area contributed by atoms with E-state index in [1.807, 2.05) is 6.92 Å². The fourth-order valence-electron chi connectivity index (χ4n) is 1.53. The largest absolute Gasteiger partial charge is 0.378 e. The van der Waals surface area contributed by atoms with Gasteiger partial charge in [-0.25, -0.2) is 0 Å². The summed E-state index contributed by atoms with van der Waals surface area (Å²) >= 11 is 0. The van der Waals surface area contributed by atoms with Crippen molar-refractivity contribution in [2.24, 2.45) is 11.1 Å². The molecule has 17 heavy (non-hydrogen) atoms. The van der Waals surface area contributed by atoms with Crippen LogP contribution < -0.4 is 11.1 Å². The molecule has 2 unspecified atom stereocenters. The minimum atomic E-state index is -0.693. The lowest BCUT2D eigenvalue weighted by atomic mass is 9.92. The van der Waals surface area contributed by atoms with Crippen LogP contribution in [0.4, 0.5) is 0 Å². The van der Waals surface area contributed by atoms with Gasteiger partial charge in [-0.05, 0) is 32.7 Å². The maximum absolute atomic E-state index is 11.3. The normalized spacial score (nSPS) is 17.5. The second kappa shape index (κ2) is 6.36. The molecule has 0 aliphatic heterocycles. The van der Waals surface area contributed by atoms with Crippen LogP contribution in [0, 0.1) is 5.41 Å². The van der Waals surface area contributed by atoms with Gasteiger partial charge in [0.2, 0.25) is 5.91 Å². The molecule has 1 amide bonds. The molecule has 3 N–H and O–H groups in total. The molecule has 4 nitrogen and oxygen atoms in total. The summed E-state index contributed by atoms with van der Waals surface area (Å²) in [6.07, 6.45) is 1.61. The van der Waals surface area contributed by atoms with E-state index in [2.05, 4.69) is 26.1 Å². The molecule has 0 saturated carbocycles. The minimum Gasteiger partial charge on any atom is -0.378 e. The zero-order valence-electron chi connectivity index (χ0n) is 12.1. The third-order valence-corrected chi connectivity index (χ3v) is 3.05. The molecule has 4 heteroatoms. The van der Waals surface area contributed by atoms with Gasteiger partial charge < -0.3 is 15.8 Å². The number of nitrogens with one attached hydrogen (secondary N) is 1. The van der Waals surface area contributed by atoms with Crippen LogP contribution in [0.2, 0.25) is 0 Å². The number of primary amides is 1. The van der Waals surface area contributed by atoms with Crippen LogP contribution in [0.5, 0.6) is 0 Å². The first kappa shape index (κ1) is 16.4. The maximum Gasteiger partial charge on any atom is 0.237 e. The predicted octanol–water partition coefficient (Wildman–Crippen LogP) is 1.68. The molecule has 0 bridgehead atoms. The van der Waals surface area contributed by atoms with Gasteiger partial charge in [0.05, 0.1) is 11.6 Å². The molecule has 0 radical (unpaired) electrons. The summed E-state index contributed by atoms with van der Waals surface area (Å²) in [5.74, 6) is -0.341. The Morgan fingerprint density at radius 2 is 1.88 bits per heavy atom. The number of hydrogen-bond acceptors (Lipinski definition) is 3. The Labute approximate surface area is 105 Å². The molecular formula is C13H28N2O2. The van der Waals surface area contributed by atoms with Crippen LogP contribution in [-0.2, 0) is 9.53 Å². The predicted molar refractivity (Wildman–Crippen MR) is 70.8 cm³/mol. The molecule has 2 atom stereocenters. The van der Waals surface area contributed by atoms with Gasteiger partial charge in [0, 0.05) is 13.0 Å². The molecule has 0 heterocycles. The average Bonchev–Trinajstić information content (AvgIpc) is 2.15. The highest BCUT2D eigenvalue weighted by molar-refractivity contribution is 5.84. The maximum atomic E-state index is 11.3. The van der Waals surface area contributed by atoms with E-state index in [9.17, 15) is 4.79 Å². The van der Waals surface area contributed by atoms with Crippen LogP contribution >= 0.6 is 0 Å². The van der Waals surface area contributed by atoms with Gasteiger partial charge in [-0.2, -0.15) is 0 Å². The summed E-state index contributed by atoms with van der Waals surface area (Å²) in [5.41, 5.74) is 4.95. The molecule has 102 valence electrons. The van der Waals surface area contributed by atoms with E-state index < -0.39 is 5.54 Å². The van der Waals surface area contributed by atoms with Crippen LogP contribution in [0.1, 0.15) is 47.5 Å². The molecule has 0 rings (SSSR count). The number of nitrogens with two attached hydrogens (primary N) is 1. The van der Waals surface area contributed by atoms with Crippen LogP contribution in [0.25, 0.3) is 0 Å². The second-order valence-electron chi connectivity index (χ2n) is 6.14. The average molecular weight is 244 g/mol. The topological polar surface area (TPSA) is 64.3 Å². The van der Waals surface area contributed by atoms with Crippen molar-refractivity contribution in [1.29, 1.82) is 0 Å². The van der Waals surface area contributed by atoms with Crippen LogP contribution in [-0.4, -0.2) is 31.2 Å². The van der Waals surface area contributed by atoms with Gasteiger partial charge in [-0.3, -0.25) is 4.79 Å². The Morgan fingerprint density at radius 3 is 2.24 bits per heavy atom. The van der Waals surface area contributed by atoms with Crippen LogP contribution in [0.3, 0.4) is 0 Å². The van der Waals surface area contributed by atoms with Crippen molar-refractivity contribution in [3.05, 3.63) is 0 Å². The number of carbonyl (C=O) groups excluding carboxylic acids is 1.